The Morgan fingerprint density at radius 1 is 1.22 bits per heavy atom. The maximum Gasteiger partial charge on any atom is 0.251 e. The number of carbonyl (C=O) groups is 1. The van der Waals surface area contributed by atoms with Crippen LogP contribution >= 0.6 is 0 Å². The van der Waals surface area contributed by atoms with Gasteiger partial charge in [-0.05, 0) is 67.5 Å². The van der Waals surface area contributed by atoms with Crippen LogP contribution in [0.15, 0.2) is 42.5 Å². The zero-order chi connectivity index (χ0) is 23.3. The number of sulfonamides is 1. The Morgan fingerprint density at radius 3 is 2.59 bits per heavy atom. The van der Waals surface area contributed by atoms with E-state index in [1.54, 1.807) is 24.3 Å². The first-order chi connectivity index (χ1) is 15.2. The highest BCUT2D eigenvalue weighted by molar-refractivity contribution is 7.89. The van der Waals surface area contributed by atoms with Gasteiger partial charge in [-0.1, -0.05) is 18.2 Å². The van der Waals surface area contributed by atoms with E-state index in [1.165, 1.54) is 18.7 Å². The number of nitrogens with two attached hydrogens (primary N) is 1. The second kappa shape index (κ2) is 10.4. The molecule has 0 radical (unpaired) electrons. The molecule has 0 spiro atoms. The number of halogens is 1. The molecule has 0 bridgehead atoms. The molecule has 0 saturated heterocycles. The van der Waals surface area contributed by atoms with Crippen LogP contribution in [0.25, 0.3) is 0 Å². The molecule has 1 fully saturated rings. The highest BCUT2D eigenvalue weighted by Crippen LogP contribution is 2.35. The van der Waals surface area contributed by atoms with Gasteiger partial charge in [0.1, 0.15) is 0 Å². The van der Waals surface area contributed by atoms with E-state index in [-0.39, 0.29) is 35.8 Å². The number of ether oxygens (including phenoxy) is 1. The quantitative estimate of drug-likeness (QED) is 0.530. The standard InChI is InChI=1S/C23H30FN3O4S/c1-15(18-8-10-21(24)22(14-18)31-2)27-20-9-7-19(13-20)16-3-5-17(6-4-16)23(28)26-11-12-32(25,29)30/h3-6,8,10,14-15,19-20,27H,7,9,11-13H2,1-2H3,(H,26,28)(H2,25,29,30)/t15-,19-,20+/m1/s1. The van der Waals surface area contributed by atoms with Gasteiger partial charge in [0.05, 0.1) is 12.9 Å². The van der Waals surface area contributed by atoms with Gasteiger partial charge in [0, 0.05) is 24.2 Å². The molecule has 0 aliphatic heterocycles. The van der Waals surface area contributed by atoms with Crippen LogP contribution in [-0.2, 0) is 10.0 Å². The van der Waals surface area contributed by atoms with Gasteiger partial charge in [-0.25, -0.2) is 17.9 Å². The summed E-state index contributed by atoms with van der Waals surface area (Å²) >= 11 is 0. The fraction of sp³-hybridized carbons (Fsp3) is 0.435. The molecular weight excluding hydrogens is 433 g/mol. The molecule has 2 aromatic rings. The molecule has 0 aromatic heterocycles. The number of benzene rings is 2. The van der Waals surface area contributed by atoms with Crippen LogP contribution in [-0.4, -0.2) is 39.8 Å². The van der Waals surface area contributed by atoms with Gasteiger partial charge >= 0.3 is 0 Å². The topological polar surface area (TPSA) is 111 Å². The summed E-state index contributed by atoms with van der Waals surface area (Å²) < 4.78 is 40.7. The van der Waals surface area contributed by atoms with Crippen LogP contribution in [0.1, 0.15) is 59.6 Å². The van der Waals surface area contributed by atoms with E-state index < -0.39 is 10.0 Å². The normalized spacial score (nSPS) is 19.5. The summed E-state index contributed by atoms with van der Waals surface area (Å²) in [7, 11) is -2.14. The average molecular weight is 464 g/mol. The van der Waals surface area contributed by atoms with Gasteiger partial charge in [-0.2, -0.15) is 0 Å². The molecule has 32 heavy (non-hydrogen) atoms. The Labute approximate surface area is 188 Å². The summed E-state index contributed by atoms with van der Waals surface area (Å²) in [5, 5.41) is 11.1. The predicted molar refractivity (Wildman–Crippen MR) is 122 cm³/mol. The predicted octanol–water partition coefficient (Wildman–Crippen LogP) is 2.84. The van der Waals surface area contributed by atoms with Crippen LogP contribution in [0.3, 0.4) is 0 Å². The lowest BCUT2D eigenvalue weighted by Crippen LogP contribution is -2.31. The van der Waals surface area contributed by atoms with Crippen molar-refractivity contribution in [2.24, 2.45) is 5.14 Å². The molecule has 1 saturated carbocycles. The van der Waals surface area contributed by atoms with Gasteiger partial charge in [0.25, 0.3) is 5.91 Å². The third kappa shape index (κ3) is 6.51. The molecule has 7 nitrogen and oxygen atoms in total. The number of amides is 1. The summed E-state index contributed by atoms with van der Waals surface area (Å²) in [5.74, 6) is -0.354. The Hall–Kier alpha value is -2.49. The van der Waals surface area contributed by atoms with Crippen LogP contribution in [0.2, 0.25) is 0 Å². The molecule has 3 atom stereocenters. The number of nitrogens with one attached hydrogen (secondary N) is 2. The highest BCUT2D eigenvalue weighted by Gasteiger charge is 2.27. The third-order valence-corrected chi connectivity index (χ3v) is 6.68. The van der Waals surface area contributed by atoms with E-state index >= 15 is 0 Å². The Morgan fingerprint density at radius 2 is 1.94 bits per heavy atom. The van der Waals surface area contributed by atoms with Crippen LogP contribution in [0.5, 0.6) is 5.75 Å². The van der Waals surface area contributed by atoms with Crippen molar-refractivity contribution in [3.63, 3.8) is 0 Å². The fourth-order valence-electron chi connectivity index (χ4n) is 4.15. The van der Waals surface area contributed by atoms with E-state index in [4.69, 9.17) is 9.88 Å². The number of carbonyl (C=O) groups excluding carboxylic acids is 1. The number of hydrogen-bond donors (Lipinski definition) is 3. The van der Waals surface area contributed by atoms with Gasteiger partial charge in [0.15, 0.2) is 11.6 Å². The SMILES string of the molecule is COc1cc([C@@H](C)N[C@H]2CC[C@@H](c3ccc(C(=O)NCCS(N)(=O)=O)cc3)C2)ccc1F. The zero-order valence-electron chi connectivity index (χ0n) is 18.3. The Bertz CT molecular complexity index is 1040. The fourth-order valence-corrected chi connectivity index (χ4v) is 4.53. The van der Waals surface area contributed by atoms with Crippen LogP contribution < -0.4 is 20.5 Å². The highest BCUT2D eigenvalue weighted by atomic mass is 32.2. The molecule has 4 N–H and O–H groups in total. The molecule has 1 aliphatic carbocycles. The lowest BCUT2D eigenvalue weighted by atomic mass is 9.96. The molecular formula is C23H30FN3O4S. The number of primary sulfonamides is 1. The second-order valence-electron chi connectivity index (χ2n) is 8.23. The first-order valence-electron chi connectivity index (χ1n) is 10.6. The summed E-state index contributed by atoms with van der Waals surface area (Å²) in [5.41, 5.74) is 2.63. The monoisotopic (exact) mass is 463 g/mol. The smallest absolute Gasteiger partial charge is 0.251 e. The van der Waals surface area contributed by atoms with Crippen molar-refractivity contribution in [2.45, 2.75) is 44.2 Å². The molecule has 174 valence electrons. The second-order valence-corrected chi connectivity index (χ2v) is 9.97. The van der Waals surface area contributed by atoms with Crippen LogP contribution in [0, 0.1) is 5.82 Å². The number of hydrogen-bond acceptors (Lipinski definition) is 5. The lowest BCUT2D eigenvalue weighted by Gasteiger charge is -2.21. The Kier molecular flexibility index (Phi) is 7.86. The van der Waals surface area contributed by atoms with Gasteiger partial charge in [-0.15, -0.1) is 0 Å². The van der Waals surface area contributed by atoms with Crippen molar-refractivity contribution >= 4 is 15.9 Å². The molecule has 0 heterocycles. The van der Waals surface area contributed by atoms with Crippen molar-refractivity contribution in [2.75, 3.05) is 19.4 Å². The zero-order valence-corrected chi connectivity index (χ0v) is 19.1. The molecule has 2 aromatic carbocycles. The van der Waals surface area contributed by atoms with Crippen molar-refractivity contribution in [1.29, 1.82) is 0 Å². The molecule has 9 heteroatoms. The van der Waals surface area contributed by atoms with Crippen molar-refractivity contribution < 1.29 is 22.3 Å². The lowest BCUT2D eigenvalue weighted by molar-refractivity contribution is 0.0956. The first-order valence-corrected chi connectivity index (χ1v) is 12.4. The largest absolute Gasteiger partial charge is 0.494 e. The van der Waals surface area contributed by atoms with Gasteiger partial charge < -0.3 is 15.4 Å². The molecule has 1 aliphatic rings. The maximum absolute atomic E-state index is 13.7. The maximum atomic E-state index is 13.7. The summed E-state index contributed by atoms with van der Waals surface area (Å²) in [6.45, 7) is 2.04. The molecule has 3 rings (SSSR count). The van der Waals surface area contributed by atoms with E-state index in [1.807, 2.05) is 12.1 Å². The van der Waals surface area contributed by atoms with Crippen molar-refractivity contribution in [1.82, 2.24) is 10.6 Å². The van der Waals surface area contributed by atoms with E-state index in [2.05, 4.69) is 17.6 Å². The summed E-state index contributed by atoms with van der Waals surface area (Å²) in [6.07, 6.45) is 3.04. The van der Waals surface area contributed by atoms with Crippen molar-refractivity contribution in [3.8, 4) is 5.75 Å². The molecule has 1 amide bonds. The van der Waals surface area contributed by atoms with Gasteiger partial charge in [0.2, 0.25) is 10.0 Å². The third-order valence-electron chi connectivity index (χ3n) is 5.91. The number of rotatable bonds is 9. The first kappa shape index (κ1) is 24.2. The van der Waals surface area contributed by atoms with Crippen LogP contribution in [0.4, 0.5) is 4.39 Å². The summed E-state index contributed by atoms with van der Waals surface area (Å²) in [4.78, 5) is 12.1. The summed E-state index contributed by atoms with van der Waals surface area (Å²) in [6, 6.07) is 12.8. The van der Waals surface area contributed by atoms with E-state index in [0.717, 1.165) is 24.8 Å². The van der Waals surface area contributed by atoms with E-state index in [0.29, 0.717) is 17.5 Å². The minimum absolute atomic E-state index is 0.0203. The van der Waals surface area contributed by atoms with Crippen molar-refractivity contribution in [3.05, 3.63) is 65.0 Å². The van der Waals surface area contributed by atoms with E-state index in [9.17, 15) is 17.6 Å². The van der Waals surface area contributed by atoms with Gasteiger partial charge in [-0.3, -0.25) is 4.79 Å². The Balaban J connectivity index is 1.53. The minimum atomic E-state index is -3.60. The number of methoxy groups -OCH3 is 1. The minimum Gasteiger partial charge on any atom is -0.494 e. The average Bonchev–Trinajstić information content (AvgIpc) is 3.21. The molecule has 0 unspecified atom stereocenters.